The fourth-order valence-electron chi connectivity index (χ4n) is 3.07. The van der Waals surface area contributed by atoms with Crippen LogP contribution in [0.2, 0.25) is 0 Å². The summed E-state index contributed by atoms with van der Waals surface area (Å²) < 4.78 is 5.44. The molecule has 1 aliphatic carbocycles. The molecule has 1 aliphatic rings. The molecule has 2 N–H and O–H groups in total. The fourth-order valence-corrected chi connectivity index (χ4v) is 3.07. The lowest BCUT2D eigenvalue weighted by atomic mass is 9.98. The first-order chi connectivity index (χ1) is 8.71. The van der Waals surface area contributed by atoms with E-state index >= 15 is 0 Å². The first kappa shape index (κ1) is 15.9. The molecule has 1 rings (SSSR count). The first-order valence-electron chi connectivity index (χ1n) is 7.39. The Balaban J connectivity index is 2.46. The summed E-state index contributed by atoms with van der Waals surface area (Å²) in [7, 11) is 0. The third kappa shape index (κ3) is 4.19. The first-order valence-corrected chi connectivity index (χ1v) is 7.39. The van der Waals surface area contributed by atoms with E-state index in [0.717, 1.165) is 45.7 Å². The van der Waals surface area contributed by atoms with Crippen LogP contribution in [0.3, 0.4) is 0 Å². The lowest BCUT2D eigenvalue weighted by Crippen LogP contribution is -2.48. The molecule has 0 amide bonds. The molecule has 0 heterocycles. The van der Waals surface area contributed by atoms with Gasteiger partial charge in [-0.15, -0.1) is 0 Å². The molecule has 0 spiro atoms. The highest BCUT2D eigenvalue weighted by molar-refractivity contribution is 4.99. The van der Waals surface area contributed by atoms with Gasteiger partial charge in [0.1, 0.15) is 0 Å². The number of hydrogen-bond donors (Lipinski definition) is 2. The maximum Gasteiger partial charge on any atom is 0.0613 e. The van der Waals surface area contributed by atoms with Crippen LogP contribution in [0.5, 0.6) is 0 Å². The zero-order chi connectivity index (χ0) is 13.4. The molecule has 1 fully saturated rings. The van der Waals surface area contributed by atoms with E-state index in [2.05, 4.69) is 24.1 Å². The number of aliphatic hydroxyl groups excluding tert-OH is 1. The van der Waals surface area contributed by atoms with Gasteiger partial charge in [-0.05, 0) is 39.3 Å². The van der Waals surface area contributed by atoms with Gasteiger partial charge in [-0.1, -0.05) is 13.8 Å². The number of hydrogen-bond acceptors (Lipinski definition) is 4. The van der Waals surface area contributed by atoms with Crippen LogP contribution >= 0.6 is 0 Å². The van der Waals surface area contributed by atoms with Gasteiger partial charge >= 0.3 is 0 Å². The van der Waals surface area contributed by atoms with Crippen molar-refractivity contribution in [2.45, 2.75) is 51.6 Å². The van der Waals surface area contributed by atoms with Gasteiger partial charge in [-0.3, -0.25) is 4.90 Å². The second-order valence-electron chi connectivity index (χ2n) is 5.19. The van der Waals surface area contributed by atoms with Gasteiger partial charge < -0.3 is 15.2 Å². The van der Waals surface area contributed by atoms with Crippen molar-refractivity contribution in [3.63, 3.8) is 0 Å². The minimum Gasteiger partial charge on any atom is -0.394 e. The smallest absolute Gasteiger partial charge is 0.0613 e. The molecular weight excluding hydrogens is 228 g/mol. The molecule has 1 saturated carbocycles. The number of likely N-dealkylation sites (N-methyl/N-ethyl adjacent to an activating group) is 2. The molecule has 0 radical (unpaired) electrons. The molecule has 4 heteroatoms. The summed E-state index contributed by atoms with van der Waals surface area (Å²) in [5.41, 5.74) is -0.0432. The highest BCUT2D eigenvalue weighted by atomic mass is 16.5. The summed E-state index contributed by atoms with van der Waals surface area (Å²) in [6, 6.07) is 0.585. The van der Waals surface area contributed by atoms with Gasteiger partial charge in [0.25, 0.3) is 0 Å². The molecule has 18 heavy (non-hydrogen) atoms. The number of ether oxygens (including phenoxy) is 1. The summed E-state index contributed by atoms with van der Waals surface area (Å²) in [6.45, 7) is 11.2. The van der Waals surface area contributed by atoms with Crippen LogP contribution in [-0.2, 0) is 4.74 Å². The average molecular weight is 258 g/mol. The summed E-state index contributed by atoms with van der Waals surface area (Å²) in [5.74, 6) is 0. The Morgan fingerprint density at radius 3 is 2.72 bits per heavy atom. The van der Waals surface area contributed by atoms with Gasteiger partial charge in [0, 0.05) is 24.7 Å². The second kappa shape index (κ2) is 8.10. The molecule has 108 valence electrons. The van der Waals surface area contributed by atoms with Crippen LogP contribution in [0.25, 0.3) is 0 Å². The molecule has 0 aromatic carbocycles. The predicted molar refractivity (Wildman–Crippen MR) is 74.9 cm³/mol. The molecule has 4 nitrogen and oxygen atoms in total. The largest absolute Gasteiger partial charge is 0.394 e. The molecule has 0 aromatic heterocycles. The predicted octanol–water partition coefficient (Wildman–Crippen LogP) is 1.24. The Kier molecular flexibility index (Phi) is 7.15. The number of nitrogens with one attached hydrogen (secondary N) is 1. The van der Waals surface area contributed by atoms with Crippen molar-refractivity contribution in [1.29, 1.82) is 0 Å². The van der Waals surface area contributed by atoms with E-state index < -0.39 is 0 Å². The van der Waals surface area contributed by atoms with Gasteiger partial charge in [0.2, 0.25) is 0 Å². The van der Waals surface area contributed by atoms with E-state index in [1.165, 1.54) is 6.42 Å². The van der Waals surface area contributed by atoms with Crippen molar-refractivity contribution >= 4 is 0 Å². The fraction of sp³-hybridized carbons (Fsp3) is 1.00. The highest BCUT2D eigenvalue weighted by Crippen LogP contribution is 2.32. The van der Waals surface area contributed by atoms with E-state index in [1.807, 2.05) is 6.92 Å². The van der Waals surface area contributed by atoms with E-state index in [-0.39, 0.29) is 12.1 Å². The normalized spacial score (nSPS) is 28.2. The average Bonchev–Trinajstić information content (AvgIpc) is 2.80. The monoisotopic (exact) mass is 258 g/mol. The minimum absolute atomic E-state index is 0.0432. The summed E-state index contributed by atoms with van der Waals surface area (Å²) in [4.78, 5) is 2.49. The molecular formula is C14H30N2O2. The van der Waals surface area contributed by atoms with E-state index in [0.29, 0.717) is 6.04 Å². The number of rotatable bonds is 9. The van der Waals surface area contributed by atoms with E-state index in [1.54, 1.807) is 0 Å². The summed E-state index contributed by atoms with van der Waals surface area (Å²) in [5, 5.41) is 13.1. The van der Waals surface area contributed by atoms with Crippen molar-refractivity contribution in [2.75, 3.05) is 39.5 Å². The maximum absolute atomic E-state index is 9.63. The Morgan fingerprint density at radius 2 is 2.17 bits per heavy atom. The van der Waals surface area contributed by atoms with Crippen LogP contribution in [0.1, 0.15) is 40.0 Å². The summed E-state index contributed by atoms with van der Waals surface area (Å²) in [6.07, 6.45) is 3.30. The van der Waals surface area contributed by atoms with Crippen LogP contribution in [0.4, 0.5) is 0 Å². The standard InChI is InChI=1S/C14H30N2O2/c1-4-15-14(12-17)8-7-13(11-14)16(5-2)9-10-18-6-3/h13,15,17H,4-12H2,1-3H3. The zero-order valence-electron chi connectivity index (χ0n) is 12.2. The van der Waals surface area contributed by atoms with Crippen molar-refractivity contribution in [2.24, 2.45) is 0 Å². The lowest BCUT2D eigenvalue weighted by molar-refractivity contribution is 0.0917. The maximum atomic E-state index is 9.63. The van der Waals surface area contributed by atoms with E-state index in [9.17, 15) is 5.11 Å². The van der Waals surface area contributed by atoms with Crippen LogP contribution in [0, 0.1) is 0 Å². The van der Waals surface area contributed by atoms with Gasteiger partial charge in [0.15, 0.2) is 0 Å². The zero-order valence-corrected chi connectivity index (χ0v) is 12.2. The van der Waals surface area contributed by atoms with Crippen LogP contribution < -0.4 is 5.32 Å². The third-order valence-corrected chi connectivity index (χ3v) is 4.09. The quantitative estimate of drug-likeness (QED) is 0.611. The number of nitrogens with zero attached hydrogens (tertiary/aromatic N) is 1. The molecule has 0 aliphatic heterocycles. The Morgan fingerprint density at radius 1 is 1.39 bits per heavy atom. The van der Waals surface area contributed by atoms with Gasteiger partial charge in [-0.25, -0.2) is 0 Å². The molecule has 0 aromatic rings. The Bertz CT molecular complexity index is 226. The van der Waals surface area contributed by atoms with Crippen molar-refractivity contribution in [3.8, 4) is 0 Å². The Labute approximate surface area is 112 Å². The molecule has 0 saturated heterocycles. The molecule has 2 atom stereocenters. The third-order valence-electron chi connectivity index (χ3n) is 4.09. The van der Waals surface area contributed by atoms with Crippen LogP contribution in [0.15, 0.2) is 0 Å². The van der Waals surface area contributed by atoms with Crippen molar-refractivity contribution < 1.29 is 9.84 Å². The number of aliphatic hydroxyl groups is 1. The Hall–Kier alpha value is -0.160. The molecule has 0 bridgehead atoms. The SMILES string of the molecule is CCNC1(CO)CCC(N(CC)CCOCC)C1. The molecule has 2 unspecified atom stereocenters. The highest BCUT2D eigenvalue weighted by Gasteiger charge is 2.39. The van der Waals surface area contributed by atoms with Crippen LogP contribution in [-0.4, -0.2) is 61.0 Å². The van der Waals surface area contributed by atoms with Crippen molar-refractivity contribution in [1.82, 2.24) is 10.2 Å². The lowest BCUT2D eigenvalue weighted by Gasteiger charge is -2.31. The minimum atomic E-state index is -0.0432. The van der Waals surface area contributed by atoms with Crippen molar-refractivity contribution in [3.05, 3.63) is 0 Å². The second-order valence-corrected chi connectivity index (χ2v) is 5.19. The summed E-state index contributed by atoms with van der Waals surface area (Å²) >= 11 is 0. The topological polar surface area (TPSA) is 44.7 Å². The van der Waals surface area contributed by atoms with Gasteiger partial charge in [0.05, 0.1) is 13.2 Å². The van der Waals surface area contributed by atoms with Gasteiger partial charge in [-0.2, -0.15) is 0 Å². The van der Waals surface area contributed by atoms with E-state index in [4.69, 9.17) is 4.74 Å².